The number of hydrogen-bond acceptors (Lipinski definition) is 1. The molecule has 0 radical (unpaired) electrons. The summed E-state index contributed by atoms with van der Waals surface area (Å²) in [6.45, 7) is 9.60. The van der Waals surface area contributed by atoms with Crippen molar-refractivity contribution < 1.29 is 0 Å². The summed E-state index contributed by atoms with van der Waals surface area (Å²) in [5.74, 6) is 0. The molecule has 0 aliphatic carbocycles. The van der Waals surface area contributed by atoms with Crippen LogP contribution in [-0.2, 0) is 0 Å². The Hall–Kier alpha value is -0.110. The first-order valence-electron chi connectivity index (χ1n) is 3.66. The summed E-state index contributed by atoms with van der Waals surface area (Å²) < 4.78 is 0. The van der Waals surface area contributed by atoms with Gasteiger partial charge in [0.2, 0.25) is 0 Å². The maximum atomic E-state index is 4.87. The van der Waals surface area contributed by atoms with Crippen LogP contribution in [0.3, 0.4) is 0 Å². The van der Waals surface area contributed by atoms with E-state index >= 15 is 0 Å². The van der Waals surface area contributed by atoms with Crippen LogP contribution in [0.1, 0.15) is 34.1 Å². The van der Waals surface area contributed by atoms with Crippen LogP contribution in [0, 0.1) is 5.41 Å². The molecular formula is C8H17NS. The largest absolute Gasteiger partial charge is 0.380 e. The predicted molar refractivity (Wildman–Crippen MR) is 50.3 cm³/mol. The van der Waals surface area contributed by atoms with Gasteiger partial charge in [0.05, 0.1) is 4.99 Å². The highest BCUT2D eigenvalue weighted by atomic mass is 32.1. The van der Waals surface area contributed by atoms with Gasteiger partial charge in [-0.15, -0.1) is 0 Å². The van der Waals surface area contributed by atoms with Crippen LogP contribution in [0.5, 0.6) is 0 Å². The van der Waals surface area contributed by atoms with E-state index < -0.39 is 0 Å². The van der Waals surface area contributed by atoms with Gasteiger partial charge >= 0.3 is 0 Å². The summed E-state index contributed by atoms with van der Waals surface area (Å²) in [4.78, 5) is 0.893. The number of thiocarbonyl (C=S) groups is 1. The second-order valence-corrected chi connectivity index (χ2v) is 4.41. The van der Waals surface area contributed by atoms with Crippen molar-refractivity contribution in [3.8, 4) is 0 Å². The Bertz CT molecular complexity index is 113. The molecular weight excluding hydrogens is 142 g/mol. The summed E-state index contributed by atoms with van der Waals surface area (Å²) in [5, 5.41) is 3.13. The number of hydrogen-bond donors (Lipinski definition) is 1. The van der Waals surface area contributed by atoms with Crippen LogP contribution in [0.2, 0.25) is 0 Å². The van der Waals surface area contributed by atoms with Gasteiger partial charge in [-0.3, -0.25) is 0 Å². The second-order valence-electron chi connectivity index (χ2n) is 3.79. The lowest BCUT2D eigenvalue weighted by Gasteiger charge is -2.17. The Balaban J connectivity index is 3.29. The van der Waals surface area contributed by atoms with Crippen LogP contribution in [0.15, 0.2) is 0 Å². The second kappa shape index (κ2) is 3.91. The molecule has 0 atom stereocenters. The zero-order valence-electron chi connectivity index (χ0n) is 7.32. The lowest BCUT2D eigenvalue weighted by atomic mass is 9.92. The van der Waals surface area contributed by atoms with Crippen LogP contribution in [0.4, 0.5) is 0 Å². The molecule has 0 aliphatic heterocycles. The third-order valence-corrected chi connectivity index (χ3v) is 1.39. The van der Waals surface area contributed by atoms with E-state index in [0.29, 0.717) is 5.41 Å². The standard InChI is InChI=1S/C8H17NS/c1-7(10)9-6-5-8(2,3)4/h5-6H2,1-4H3,(H,9,10). The van der Waals surface area contributed by atoms with Crippen molar-refractivity contribution in [2.24, 2.45) is 5.41 Å². The topological polar surface area (TPSA) is 12.0 Å². The van der Waals surface area contributed by atoms with Gasteiger partial charge in [-0.2, -0.15) is 0 Å². The summed E-state index contributed by atoms with van der Waals surface area (Å²) in [7, 11) is 0. The Morgan fingerprint density at radius 1 is 1.40 bits per heavy atom. The Morgan fingerprint density at radius 3 is 2.20 bits per heavy atom. The van der Waals surface area contributed by atoms with E-state index in [0.717, 1.165) is 11.5 Å². The van der Waals surface area contributed by atoms with Gasteiger partial charge in [0.25, 0.3) is 0 Å². The monoisotopic (exact) mass is 159 g/mol. The molecule has 0 fully saturated rings. The van der Waals surface area contributed by atoms with E-state index in [-0.39, 0.29) is 0 Å². The number of nitrogens with one attached hydrogen (secondary N) is 1. The van der Waals surface area contributed by atoms with Crippen molar-refractivity contribution in [3.63, 3.8) is 0 Å². The minimum atomic E-state index is 0.414. The highest BCUT2D eigenvalue weighted by Crippen LogP contribution is 2.16. The molecule has 0 amide bonds. The van der Waals surface area contributed by atoms with Gasteiger partial charge in [-0.1, -0.05) is 33.0 Å². The zero-order valence-corrected chi connectivity index (χ0v) is 8.14. The van der Waals surface area contributed by atoms with Crippen molar-refractivity contribution in [2.75, 3.05) is 6.54 Å². The molecule has 2 heteroatoms. The summed E-state index contributed by atoms with van der Waals surface area (Å²) in [6, 6.07) is 0. The van der Waals surface area contributed by atoms with Crippen molar-refractivity contribution in [2.45, 2.75) is 34.1 Å². The quantitative estimate of drug-likeness (QED) is 0.621. The molecule has 0 aromatic carbocycles. The molecule has 1 nitrogen and oxygen atoms in total. The number of rotatable bonds is 2. The molecule has 0 unspecified atom stereocenters. The molecule has 0 saturated carbocycles. The fraction of sp³-hybridized carbons (Fsp3) is 0.875. The zero-order chi connectivity index (χ0) is 8.20. The van der Waals surface area contributed by atoms with Crippen molar-refractivity contribution >= 4 is 17.2 Å². The van der Waals surface area contributed by atoms with Gasteiger partial charge < -0.3 is 5.32 Å². The first-order chi connectivity index (χ1) is 4.42. The molecule has 0 rings (SSSR count). The van der Waals surface area contributed by atoms with Gasteiger partial charge in [0.15, 0.2) is 0 Å². The first kappa shape index (κ1) is 9.89. The fourth-order valence-electron chi connectivity index (χ4n) is 0.614. The minimum Gasteiger partial charge on any atom is -0.380 e. The molecule has 0 bridgehead atoms. The summed E-state index contributed by atoms with van der Waals surface area (Å²) >= 11 is 4.87. The van der Waals surface area contributed by atoms with Crippen molar-refractivity contribution in [1.29, 1.82) is 0 Å². The highest BCUT2D eigenvalue weighted by Gasteiger charge is 2.08. The average molecular weight is 159 g/mol. The van der Waals surface area contributed by atoms with E-state index in [1.165, 1.54) is 6.42 Å². The highest BCUT2D eigenvalue weighted by molar-refractivity contribution is 7.80. The van der Waals surface area contributed by atoms with Gasteiger partial charge in [0.1, 0.15) is 0 Å². The minimum absolute atomic E-state index is 0.414. The third kappa shape index (κ3) is 7.89. The van der Waals surface area contributed by atoms with Crippen LogP contribution >= 0.6 is 12.2 Å². The predicted octanol–water partition coefficient (Wildman–Crippen LogP) is 2.36. The SMILES string of the molecule is CC(=S)NCCC(C)(C)C. The molecule has 0 spiro atoms. The van der Waals surface area contributed by atoms with Gasteiger partial charge in [-0.05, 0) is 18.8 Å². The summed E-state index contributed by atoms with van der Waals surface area (Å²) in [6.07, 6.45) is 1.17. The smallest absolute Gasteiger partial charge is 0.0721 e. The van der Waals surface area contributed by atoms with E-state index in [1.54, 1.807) is 0 Å². The molecule has 0 aromatic heterocycles. The molecule has 0 heterocycles. The summed E-state index contributed by atoms with van der Waals surface area (Å²) in [5.41, 5.74) is 0.414. The van der Waals surface area contributed by atoms with Gasteiger partial charge in [0, 0.05) is 6.54 Å². The normalized spacial score (nSPS) is 11.2. The van der Waals surface area contributed by atoms with E-state index in [9.17, 15) is 0 Å². The molecule has 0 aromatic rings. The fourth-order valence-corrected chi connectivity index (χ4v) is 0.716. The first-order valence-corrected chi connectivity index (χ1v) is 4.07. The molecule has 0 aliphatic rings. The average Bonchev–Trinajstić information content (AvgIpc) is 1.59. The van der Waals surface area contributed by atoms with Crippen LogP contribution in [-0.4, -0.2) is 11.5 Å². The Morgan fingerprint density at radius 2 is 1.90 bits per heavy atom. The Kier molecular flexibility index (Phi) is 3.87. The van der Waals surface area contributed by atoms with E-state index in [2.05, 4.69) is 26.1 Å². The molecule has 60 valence electrons. The van der Waals surface area contributed by atoms with E-state index in [4.69, 9.17) is 12.2 Å². The van der Waals surface area contributed by atoms with E-state index in [1.807, 2.05) is 6.92 Å². The third-order valence-electron chi connectivity index (χ3n) is 1.25. The maximum Gasteiger partial charge on any atom is 0.0721 e. The Labute approximate surface area is 69.2 Å². The van der Waals surface area contributed by atoms with Crippen molar-refractivity contribution in [3.05, 3.63) is 0 Å². The molecule has 1 N–H and O–H groups in total. The van der Waals surface area contributed by atoms with Gasteiger partial charge in [-0.25, -0.2) is 0 Å². The molecule has 0 saturated heterocycles. The van der Waals surface area contributed by atoms with Crippen LogP contribution in [0.25, 0.3) is 0 Å². The lowest BCUT2D eigenvalue weighted by molar-refractivity contribution is 0.378. The van der Waals surface area contributed by atoms with Crippen LogP contribution < -0.4 is 5.32 Å². The molecule has 10 heavy (non-hydrogen) atoms. The lowest BCUT2D eigenvalue weighted by Crippen LogP contribution is -2.23. The maximum absolute atomic E-state index is 4.87. The van der Waals surface area contributed by atoms with Crippen molar-refractivity contribution in [1.82, 2.24) is 5.32 Å².